The van der Waals surface area contributed by atoms with Crippen LogP contribution in [0.2, 0.25) is 0 Å². The maximum absolute atomic E-state index is 12.5. The molecule has 8 heteroatoms. The number of nitrogens with zero attached hydrogens (tertiary/aromatic N) is 4. The van der Waals surface area contributed by atoms with Gasteiger partial charge in [0.05, 0.1) is 31.0 Å². The molecule has 2 aromatic rings. The smallest absolute Gasteiger partial charge is 0.292 e. The van der Waals surface area contributed by atoms with Crippen LogP contribution in [0.5, 0.6) is 0 Å². The van der Waals surface area contributed by atoms with Crippen LogP contribution >= 0.6 is 0 Å². The lowest BCUT2D eigenvalue weighted by Gasteiger charge is -2.39. The molecule has 134 valence electrons. The van der Waals surface area contributed by atoms with Crippen LogP contribution in [0.1, 0.15) is 35.5 Å². The molecule has 2 aromatic heterocycles. The number of piperidine rings is 1. The molecule has 4 heterocycles. The SMILES string of the molecule is N#Cc1cccc(N[C@@H]2CO[C@@]3(CCCN(C(=O)c4ccno4)C3)C2)n1. The fourth-order valence-electron chi connectivity index (χ4n) is 3.76. The topological polar surface area (TPSA) is 104 Å². The van der Waals surface area contributed by atoms with E-state index < -0.39 is 0 Å². The predicted molar refractivity (Wildman–Crippen MR) is 91.3 cm³/mol. The third-order valence-electron chi connectivity index (χ3n) is 4.90. The van der Waals surface area contributed by atoms with Gasteiger partial charge < -0.3 is 19.5 Å². The zero-order chi connectivity index (χ0) is 18.0. The van der Waals surface area contributed by atoms with Crippen molar-refractivity contribution in [3.05, 3.63) is 41.9 Å². The zero-order valence-electron chi connectivity index (χ0n) is 14.2. The van der Waals surface area contributed by atoms with Gasteiger partial charge in [-0.2, -0.15) is 5.26 Å². The van der Waals surface area contributed by atoms with Crippen molar-refractivity contribution >= 4 is 11.7 Å². The fourth-order valence-corrected chi connectivity index (χ4v) is 3.76. The Labute approximate surface area is 150 Å². The maximum atomic E-state index is 12.5. The van der Waals surface area contributed by atoms with E-state index in [1.54, 1.807) is 23.1 Å². The minimum atomic E-state index is -0.349. The highest BCUT2D eigenvalue weighted by atomic mass is 16.5. The minimum Gasteiger partial charge on any atom is -0.371 e. The van der Waals surface area contributed by atoms with Crippen LogP contribution in [0, 0.1) is 11.3 Å². The van der Waals surface area contributed by atoms with Crippen molar-refractivity contribution in [1.29, 1.82) is 5.26 Å². The van der Waals surface area contributed by atoms with Crippen molar-refractivity contribution in [3.8, 4) is 6.07 Å². The van der Waals surface area contributed by atoms with E-state index in [1.807, 2.05) is 12.1 Å². The van der Waals surface area contributed by atoms with Crippen molar-refractivity contribution in [2.75, 3.05) is 25.0 Å². The highest BCUT2D eigenvalue weighted by Crippen LogP contribution is 2.36. The summed E-state index contributed by atoms with van der Waals surface area (Å²) < 4.78 is 11.1. The van der Waals surface area contributed by atoms with Gasteiger partial charge in [0, 0.05) is 19.0 Å². The molecule has 1 spiro atoms. The summed E-state index contributed by atoms with van der Waals surface area (Å²) in [5.74, 6) is 0.775. The Bertz CT molecular complexity index is 832. The van der Waals surface area contributed by atoms with Crippen molar-refractivity contribution in [2.45, 2.75) is 30.9 Å². The molecule has 0 bridgehead atoms. The second-order valence-electron chi connectivity index (χ2n) is 6.77. The van der Waals surface area contributed by atoms with Gasteiger partial charge in [0.1, 0.15) is 17.6 Å². The first-order valence-corrected chi connectivity index (χ1v) is 8.65. The van der Waals surface area contributed by atoms with E-state index in [0.29, 0.717) is 31.2 Å². The summed E-state index contributed by atoms with van der Waals surface area (Å²) in [4.78, 5) is 18.6. The van der Waals surface area contributed by atoms with Crippen molar-refractivity contribution in [3.63, 3.8) is 0 Å². The van der Waals surface area contributed by atoms with Gasteiger partial charge in [0.25, 0.3) is 5.91 Å². The molecule has 2 atom stereocenters. The highest BCUT2D eigenvalue weighted by molar-refractivity contribution is 5.91. The summed E-state index contributed by atoms with van der Waals surface area (Å²) in [6.07, 6.45) is 4.05. The summed E-state index contributed by atoms with van der Waals surface area (Å²) in [5.41, 5.74) is 0.0310. The number of hydrogen-bond donors (Lipinski definition) is 1. The Morgan fingerprint density at radius 1 is 1.42 bits per heavy atom. The van der Waals surface area contributed by atoms with Gasteiger partial charge in [-0.3, -0.25) is 4.79 Å². The molecule has 4 rings (SSSR count). The Hall–Kier alpha value is -2.92. The number of nitrogens with one attached hydrogen (secondary N) is 1. The number of ether oxygens (including phenoxy) is 1. The number of anilines is 1. The third kappa shape index (κ3) is 3.26. The summed E-state index contributed by atoms with van der Waals surface area (Å²) in [5, 5.41) is 15.9. The Balaban J connectivity index is 1.41. The van der Waals surface area contributed by atoms with E-state index in [4.69, 9.17) is 14.5 Å². The molecule has 1 amide bonds. The van der Waals surface area contributed by atoms with Crippen LogP contribution < -0.4 is 5.32 Å². The summed E-state index contributed by atoms with van der Waals surface area (Å²) in [7, 11) is 0. The average Bonchev–Trinajstić information content (AvgIpc) is 3.32. The molecule has 0 radical (unpaired) electrons. The number of pyridine rings is 1. The molecule has 0 aromatic carbocycles. The van der Waals surface area contributed by atoms with Crippen molar-refractivity contribution in [2.24, 2.45) is 0 Å². The maximum Gasteiger partial charge on any atom is 0.292 e. The highest BCUT2D eigenvalue weighted by Gasteiger charge is 2.45. The second-order valence-corrected chi connectivity index (χ2v) is 6.77. The van der Waals surface area contributed by atoms with Gasteiger partial charge in [-0.1, -0.05) is 11.2 Å². The van der Waals surface area contributed by atoms with Gasteiger partial charge in [-0.15, -0.1) is 0 Å². The van der Waals surface area contributed by atoms with E-state index in [2.05, 4.69) is 15.5 Å². The molecule has 0 saturated carbocycles. The molecule has 1 N–H and O–H groups in total. The number of carbonyl (C=O) groups is 1. The van der Waals surface area contributed by atoms with E-state index in [1.165, 1.54) is 6.20 Å². The fraction of sp³-hybridized carbons (Fsp3) is 0.444. The van der Waals surface area contributed by atoms with E-state index in [-0.39, 0.29) is 23.3 Å². The Kier molecular flexibility index (Phi) is 4.31. The normalized spacial score (nSPS) is 25.2. The van der Waals surface area contributed by atoms with E-state index in [9.17, 15) is 4.79 Å². The van der Waals surface area contributed by atoms with Crippen LogP contribution in [-0.4, -0.2) is 52.3 Å². The standard InChI is InChI=1S/C18H19N5O3/c19-10-13-3-1-4-16(21-13)22-14-9-18(25-11-14)6-2-8-23(12-18)17(24)15-5-7-20-26-15/h1,3-5,7,14H,2,6,8-9,11-12H2,(H,21,22)/t14-,18-/m0/s1. The zero-order valence-corrected chi connectivity index (χ0v) is 14.2. The number of nitriles is 1. The van der Waals surface area contributed by atoms with Gasteiger partial charge in [0.15, 0.2) is 0 Å². The lowest BCUT2D eigenvalue weighted by Crippen LogP contribution is -2.50. The molecule has 8 nitrogen and oxygen atoms in total. The lowest BCUT2D eigenvalue weighted by atomic mass is 9.88. The first-order valence-electron chi connectivity index (χ1n) is 8.65. The Morgan fingerprint density at radius 3 is 3.15 bits per heavy atom. The van der Waals surface area contributed by atoms with Crippen LogP contribution in [-0.2, 0) is 4.74 Å². The average molecular weight is 353 g/mol. The number of hydrogen-bond acceptors (Lipinski definition) is 7. The molecule has 0 aliphatic carbocycles. The first kappa shape index (κ1) is 16.5. The van der Waals surface area contributed by atoms with Gasteiger partial charge in [-0.25, -0.2) is 4.98 Å². The molecule has 0 unspecified atom stereocenters. The van der Waals surface area contributed by atoms with E-state index >= 15 is 0 Å². The number of carbonyl (C=O) groups excluding carboxylic acids is 1. The Morgan fingerprint density at radius 2 is 2.35 bits per heavy atom. The quantitative estimate of drug-likeness (QED) is 0.897. The number of amides is 1. The van der Waals surface area contributed by atoms with Crippen molar-refractivity contribution < 1.29 is 14.1 Å². The minimum absolute atomic E-state index is 0.0942. The second kappa shape index (κ2) is 6.77. The lowest BCUT2D eigenvalue weighted by molar-refractivity contribution is -0.0454. The number of rotatable bonds is 3. The first-order chi connectivity index (χ1) is 12.7. The van der Waals surface area contributed by atoms with Crippen LogP contribution in [0.25, 0.3) is 0 Å². The van der Waals surface area contributed by atoms with Gasteiger partial charge >= 0.3 is 0 Å². The summed E-state index contributed by atoms with van der Waals surface area (Å²) in [6.45, 7) is 1.77. The molecule has 2 saturated heterocycles. The van der Waals surface area contributed by atoms with Gasteiger partial charge in [-0.05, 0) is 25.0 Å². The van der Waals surface area contributed by atoms with Crippen molar-refractivity contribution in [1.82, 2.24) is 15.0 Å². The van der Waals surface area contributed by atoms with Crippen LogP contribution in [0.4, 0.5) is 5.82 Å². The summed E-state index contributed by atoms with van der Waals surface area (Å²) >= 11 is 0. The molecular weight excluding hydrogens is 334 g/mol. The molecular formula is C18H19N5O3. The third-order valence-corrected chi connectivity index (χ3v) is 4.90. The monoisotopic (exact) mass is 353 g/mol. The van der Waals surface area contributed by atoms with Crippen LogP contribution in [0.15, 0.2) is 35.0 Å². The van der Waals surface area contributed by atoms with E-state index in [0.717, 1.165) is 19.3 Å². The largest absolute Gasteiger partial charge is 0.371 e. The predicted octanol–water partition coefficient (Wildman–Crippen LogP) is 1.82. The summed E-state index contributed by atoms with van der Waals surface area (Å²) in [6, 6.07) is 9.03. The number of aromatic nitrogens is 2. The molecule has 2 fully saturated rings. The van der Waals surface area contributed by atoms with Crippen LogP contribution in [0.3, 0.4) is 0 Å². The molecule has 2 aliphatic heterocycles. The molecule has 26 heavy (non-hydrogen) atoms. The molecule has 2 aliphatic rings. The number of likely N-dealkylation sites (tertiary alicyclic amines) is 1. The van der Waals surface area contributed by atoms with Gasteiger partial charge in [0.2, 0.25) is 5.76 Å².